The third kappa shape index (κ3) is 1.52. The van der Waals surface area contributed by atoms with Gasteiger partial charge in [-0.05, 0) is 36.6 Å². The average molecular weight is 283 g/mol. The Bertz CT molecular complexity index is 1060. The molecular weight excluding hydrogens is 270 g/mol. The van der Waals surface area contributed by atoms with E-state index in [4.69, 9.17) is 9.72 Å². The van der Waals surface area contributed by atoms with Gasteiger partial charge in [0.15, 0.2) is 5.75 Å². The fourth-order valence-corrected chi connectivity index (χ4v) is 3.25. The molecule has 0 saturated carbocycles. The Morgan fingerprint density at radius 2 is 1.68 bits per heavy atom. The zero-order valence-electron chi connectivity index (χ0n) is 12.1. The summed E-state index contributed by atoms with van der Waals surface area (Å²) in [6.45, 7) is 2.09. The van der Waals surface area contributed by atoms with Gasteiger partial charge in [0.05, 0.1) is 5.52 Å². The molecular formula is C20H13NO. The highest BCUT2D eigenvalue weighted by atomic mass is 16.5. The molecule has 2 heteroatoms. The summed E-state index contributed by atoms with van der Waals surface area (Å²) in [7, 11) is 0. The molecule has 4 aromatic rings. The molecule has 0 bridgehead atoms. The van der Waals surface area contributed by atoms with Crippen LogP contribution in [0.3, 0.4) is 0 Å². The third-order valence-electron chi connectivity index (χ3n) is 4.28. The number of hydrogen-bond donors (Lipinski definition) is 0. The van der Waals surface area contributed by atoms with Crippen molar-refractivity contribution in [3.8, 4) is 22.8 Å². The first-order valence-corrected chi connectivity index (χ1v) is 7.41. The quantitative estimate of drug-likeness (QED) is 0.376. The number of hydrogen-bond acceptors (Lipinski definition) is 2. The van der Waals surface area contributed by atoms with E-state index in [1.165, 1.54) is 10.9 Å². The normalized spacial score (nSPS) is 12.2. The van der Waals surface area contributed by atoms with E-state index in [0.29, 0.717) is 0 Å². The molecule has 1 aliphatic heterocycles. The highest BCUT2D eigenvalue weighted by Crippen LogP contribution is 2.46. The SMILES string of the molecule is Cc1ccc2nc3c(cc2c1)Oc1cccc2cccc-3c12. The van der Waals surface area contributed by atoms with Crippen LogP contribution in [0.25, 0.3) is 32.9 Å². The summed E-state index contributed by atoms with van der Waals surface area (Å²) in [5.74, 6) is 1.75. The number of aryl methyl sites for hydroxylation is 1. The van der Waals surface area contributed by atoms with E-state index in [-0.39, 0.29) is 0 Å². The highest BCUT2D eigenvalue weighted by Gasteiger charge is 2.21. The summed E-state index contributed by atoms with van der Waals surface area (Å²) in [6, 6.07) is 20.9. The molecule has 22 heavy (non-hydrogen) atoms. The van der Waals surface area contributed by atoms with Gasteiger partial charge in [0.25, 0.3) is 0 Å². The molecule has 0 unspecified atom stereocenters. The molecule has 0 N–H and O–H groups in total. The van der Waals surface area contributed by atoms with E-state index in [2.05, 4.69) is 55.5 Å². The van der Waals surface area contributed by atoms with Crippen molar-refractivity contribution in [2.45, 2.75) is 6.92 Å². The van der Waals surface area contributed by atoms with Crippen LogP contribution >= 0.6 is 0 Å². The fraction of sp³-hybridized carbons (Fsp3) is 0.0500. The van der Waals surface area contributed by atoms with Crippen molar-refractivity contribution in [3.05, 3.63) is 66.2 Å². The maximum atomic E-state index is 6.13. The lowest BCUT2D eigenvalue weighted by molar-refractivity contribution is 0.485. The smallest absolute Gasteiger partial charge is 0.154 e. The summed E-state index contributed by atoms with van der Waals surface area (Å²) < 4.78 is 6.13. The van der Waals surface area contributed by atoms with Crippen LogP contribution in [0.5, 0.6) is 11.5 Å². The summed E-state index contributed by atoms with van der Waals surface area (Å²) in [5.41, 5.74) is 4.31. The second-order valence-corrected chi connectivity index (χ2v) is 5.79. The number of pyridine rings is 1. The van der Waals surface area contributed by atoms with E-state index in [0.717, 1.165) is 39.0 Å². The van der Waals surface area contributed by atoms with E-state index >= 15 is 0 Å². The lowest BCUT2D eigenvalue weighted by Crippen LogP contribution is -1.99. The third-order valence-corrected chi connectivity index (χ3v) is 4.28. The number of ether oxygens (including phenoxy) is 1. The molecule has 0 aliphatic carbocycles. The monoisotopic (exact) mass is 283 g/mol. The van der Waals surface area contributed by atoms with Gasteiger partial charge in [0, 0.05) is 16.3 Å². The van der Waals surface area contributed by atoms with Crippen LogP contribution in [0.2, 0.25) is 0 Å². The molecule has 1 aliphatic rings. The molecule has 0 fully saturated rings. The standard InChI is InChI=1S/C20H13NO/c1-12-8-9-16-14(10-12)11-18-20(21-16)15-6-2-4-13-5-3-7-17(22-18)19(13)15/h2-11H,1H3. The van der Waals surface area contributed by atoms with E-state index in [1.807, 2.05) is 12.1 Å². The van der Waals surface area contributed by atoms with E-state index in [9.17, 15) is 0 Å². The van der Waals surface area contributed by atoms with Crippen molar-refractivity contribution in [2.75, 3.05) is 0 Å². The molecule has 104 valence electrons. The van der Waals surface area contributed by atoms with Crippen LogP contribution in [0.4, 0.5) is 0 Å². The zero-order valence-corrected chi connectivity index (χ0v) is 12.1. The Hall–Kier alpha value is -2.87. The summed E-state index contributed by atoms with van der Waals surface area (Å²) in [6.07, 6.45) is 0. The molecule has 0 spiro atoms. The maximum absolute atomic E-state index is 6.13. The van der Waals surface area contributed by atoms with Crippen molar-refractivity contribution in [1.29, 1.82) is 0 Å². The predicted octanol–water partition coefficient (Wildman–Crippen LogP) is 5.47. The fourth-order valence-electron chi connectivity index (χ4n) is 3.25. The molecule has 1 aromatic heterocycles. The Morgan fingerprint density at radius 1 is 0.818 bits per heavy atom. The summed E-state index contributed by atoms with van der Waals surface area (Å²) >= 11 is 0. The topological polar surface area (TPSA) is 22.1 Å². The van der Waals surface area contributed by atoms with Gasteiger partial charge in [0.2, 0.25) is 0 Å². The highest BCUT2D eigenvalue weighted by molar-refractivity contribution is 6.04. The first kappa shape index (κ1) is 11.8. The van der Waals surface area contributed by atoms with Crippen LogP contribution in [0.1, 0.15) is 5.56 Å². The van der Waals surface area contributed by atoms with Crippen molar-refractivity contribution < 1.29 is 4.74 Å². The minimum atomic E-state index is 0.837. The number of benzene rings is 3. The van der Waals surface area contributed by atoms with Gasteiger partial charge in [0.1, 0.15) is 11.4 Å². The van der Waals surface area contributed by atoms with Crippen molar-refractivity contribution in [1.82, 2.24) is 4.98 Å². The lowest BCUT2D eigenvalue weighted by atomic mass is 9.97. The number of aromatic nitrogens is 1. The summed E-state index contributed by atoms with van der Waals surface area (Å²) in [4.78, 5) is 4.86. The van der Waals surface area contributed by atoms with Crippen LogP contribution < -0.4 is 4.74 Å². The van der Waals surface area contributed by atoms with Crippen LogP contribution in [-0.2, 0) is 0 Å². The molecule has 2 heterocycles. The summed E-state index contributed by atoms with van der Waals surface area (Å²) in [5, 5.41) is 3.45. The number of fused-ring (bicyclic) bond motifs is 3. The second-order valence-electron chi connectivity index (χ2n) is 5.79. The minimum Gasteiger partial charge on any atom is -0.454 e. The van der Waals surface area contributed by atoms with Crippen molar-refractivity contribution in [2.24, 2.45) is 0 Å². The van der Waals surface area contributed by atoms with Crippen LogP contribution in [0.15, 0.2) is 60.7 Å². The zero-order chi connectivity index (χ0) is 14.7. The van der Waals surface area contributed by atoms with Gasteiger partial charge in [-0.25, -0.2) is 4.98 Å². The molecule has 0 atom stereocenters. The number of rotatable bonds is 0. The molecule has 5 rings (SSSR count). The van der Waals surface area contributed by atoms with Crippen molar-refractivity contribution in [3.63, 3.8) is 0 Å². The first-order valence-electron chi connectivity index (χ1n) is 7.41. The van der Waals surface area contributed by atoms with Crippen molar-refractivity contribution >= 4 is 21.7 Å². The van der Waals surface area contributed by atoms with E-state index in [1.54, 1.807) is 0 Å². The maximum Gasteiger partial charge on any atom is 0.154 e. The molecule has 0 amide bonds. The first-order chi connectivity index (χ1) is 10.8. The lowest BCUT2D eigenvalue weighted by Gasteiger charge is -2.20. The van der Waals surface area contributed by atoms with Gasteiger partial charge < -0.3 is 4.74 Å². The minimum absolute atomic E-state index is 0.837. The molecule has 0 saturated heterocycles. The van der Waals surface area contributed by atoms with Gasteiger partial charge in [-0.1, -0.05) is 42.0 Å². The van der Waals surface area contributed by atoms with Gasteiger partial charge >= 0.3 is 0 Å². The Labute approximate surface area is 128 Å². The van der Waals surface area contributed by atoms with Crippen LogP contribution in [0, 0.1) is 6.92 Å². The largest absolute Gasteiger partial charge is 0.454 e. The van der Waals surface area contributed by atoms with Gasteiger partial charge in [-0.2, -0.15) is 0 Å². The Balaban J connectivity index is 1.91. The Kier molecular flexibility index (Phi) is 2.18. The number of nitrogens with zero attached hydrogens (tertiary/aromatic N) is 1. The molecule has 2 nitrogen and oxygen atoms in total. The van der Waals surface area contributed by atoms with Gasteiger partial charge in [-0.15, -0.1) is 0 Å². The average Bonchev–Trinajstić information content (AvgIpc) is 2.54. The Morgan fingerprint density at radius 3 is 2.59 bits per heavy atom. The predicted molar refractivity (Wildman–Crippen MR) is 89.5 cm³/mol. The molecule has 3 aromatic carbocycles. The second kappa shape index (κ2) is 4.08. The molecule has 0 radical (unpaired) electrons. The van der Waals surface area contributed by atoms with Gasteiger partial charge in [-0.3, -0.25) is 0 Å². The van der Waals surface area contributed by atoms with E-state index < -0.39 is 0 Å². The van der Waals surface area contributed by atoms with Crippen LogP contribution in [-0.4, -0.2) is 4.98 Å².